The molecule has 1 amide bonds. The number of thiazole rings is 1. The molecule has 0 bridgehead atoms. The van der Waals surface area contributed by atoms with Crippen LogP contribution in [0, 0.1) is 5.82 Å². The third kappa shape index (κ3) is 2.64. The molecule has 3 rings (SSSR count). The van der Waals surface area contributed by atoms with Crippen molar-refractivity contribution in [1.82, 2.24) is 4.98 Å². The van der Waals surface area contributed by atoms with Crippen LogP contribution in [0.2, 0.25) is 5.02 Å². The highest BCUT2D eigenvalue weighted by atomic mass is 35.5. The van der Waals surface area contributed by atoms with Crippen LogP contribution in [0.15, 0.2) is 42.5 Å². The molecule has 0 aliphatic heterocycles. The SMILES string of the molecule is O=C(Nc1cccc(F)c1)c1nc2cc(Cl)ccc2s1. The summed E-state index contributed by atoms with van der Waals surface area (Å²) >= 11 is 7.14. The number of nitrogens with one attached hydrogen (secondary N) is 1. The molecule has 3 aromatic rings. The number of halogens is 2. The molecule has 0 atom stereocenters. The molecule has 0 radical (unpaired) electrons. The van der Waals surface area contributed by atoms with Crippen molar-refractivity contribution in [2.24, 2.45) is 0 Å². The summed E-state index contributed by atoms with van der Waals surface area (Å²) in [4.78, 5) is 16.3. The van der Waals surface area contributed by atoms with Crippen molar-refractivity contribution in [3.05, 3.63) is 58.3 Å². The molecule has 1 aromatic heterocycles. The highest BCUT2D eigenvalue weighted by molar-refractivity contribution is 7.20. The molecule has 0 unspecified atom stereocenters. The van der Waals surface area contributed by atoms with Gasteiger partial charge in [0, 0.05) is 10.7 Å². The van der Waals surface area contributed by atoms with Gasteiger partial charge in [0.15, 0.2) is 5.01 Å². The predicted octanol–water partition coefficient (Wildman–Crippen LogP) is 4.34. The van der Waals surface area contributed by atoms with E-state index >= 15 is 0 Å². The number of benzene rings is 2. The van der Waals surface area contributed by atoms with E-state index < -0.39 is 5.82 Å². The Morgan fingerprint density at radius 2 is 2.10 bits per heavy atom. The second-order valence-corrected chi connectivity index (χ2v) is 5.56. The van der Waals surface area contributed by atoms with Gasteiger partial charge in [0.2, 0.25) is 0 Å². The Morgan fingerprint density at radius 3 is 2.90 bits per heavy atom. The topological polar surface area (TPSA) is 42.0 Å². The van der Waals surface area contributed by atoms with Crippen LogP contribution in [-0.4, -0.2) is 10.9 Å². The third-order valence-corrected chi connectivity index (χ3v) is 3.90. The number of hydrogen-bond acceptors (Lipinski definition) is 3. The van der Waals surface area contributed by atoms with E-state index in [1.54, 1.807) is 18.2 Å². The largest absolute Gasteiger partial charge is 0.320 e. The number of rotatable bonds is 2. The monoisotopic (exact) mass is 306 g/mol. The first-order valence-electron chi connectivity index (χ1n) is 5.75. The number of hydrogen-bond donors (Lipinski definition) is 1. The van der Waals surface area contributed by atoms with Crippen LogP contribution < -0.4 is 5.32 Å². The summed E-state index contributed by atoms with van der Waals surface area (Å²) in [7, 11) is 0. The number of amides is 1. The molecule has 0 fully saturated rings. The first kappa shape index (κ1) is 13.0. The highest BCUT2D eigenvalue weighted by Gasteiger charge is 2.12. The van der Waals surface area contributed by atoms with Gasteiger partial charge in [-0.15, -0.1) is 11.3 Å². The van der Waals surface area contributed by atoms with Crippen molar-refractivity contribution < 1.29 is 9.18 Å². The molecule has 0 spiro atoms. The molecule has 0 saturated heterocycles. The number of carbonyl (C=O) groups excluding carboxylic acids is 1. The maximum absolute atomic E-state index is 13.1. The fourth-order valence-electron chi connectivity index (χ4n) is 1.75. The van der Waals surface area contributed by atoms with E-state index in [0.717, 1.165) is 4.70 Å². The Morgan fingerprint density at radius 1 is 1.25 bits per heavy atom. The molecule has 0 aliphatic carbocycles. The van der Waals surface area contributed by atoms with Crippen LogP contribution in [0.3, 0.4) is 0 Å². The number of carbonyl (C=O) groups is 1. The first-order chi connectivity index (χ1) is 9.61. The first-order valence-corrected chi connectivity index (χ1v) is 6.94. The lowest BCUT2D eigenvalue weighted by molar-refractivity contribution is 0.102. The number of anilines is 1. The van der Waals surface area contributed by atoms with Gasteiger partial charge in [0.25, 0.3) is 5.91 Å². The van der Waals surface area contributed by atoms with Crippen molar-refractivity contribution in [3.63, 3.8) is 0 Å². The Labute approximate surface area is 123 Å². The van der Waals surface area contributed by atoms with Crippen molar-refractivity contribution in [2.45, 2.75) is 0 Å². The van der Waals surface area contributed by atoms with Crippen molar-refractivity contribution in [2.75, 3.05) is 5.32 Å². The zero-order valence-corrected chi connectivity index (χ0v) is 11.6. The molecule has 0 saturated carbocycles. The number of aromatic nitrogens is 1. The maximum atomic E-state index is 13.1. The highest BCUT2D eigenvalue weighted by Crippen LogP contribution is 2.25. The summed E-state index contributed by atoms with van der Waals surface area (Å²) in [6.07, 6.45) is 0. The molecule has 1 heterocycles. The van der Waals surface area contributed by atoms with Crippen LogP contribution in [0.5, 0.6) is 0 Å². The van der Waals surface area contributed by atoms with E-state index in [-0.39, 0.29) is 5.91 Å². The molecule has 0 aliphatic rings. The van der Waals surface area contributed by atoms with E-state index in [1.165, 1.54) is 29.5 Å². The van der Waals surface area contributed by atoms with Gasteiger partial charge >= 0.3 is 0 Å². The van der Waals surface area contributed by atoms with Crippen molar-refractivity contribution in [3.8, 4) is 0 Å². The molecule has 100 valence electrons. The van der Waals surface area contributed by atoms with Gasteiger partial charge in [0.1, 0.15) is 5.82 Å². The molecular formula is C14H8ClFN2OS. The predicted molar refractivity (Wildman–Crippen MR) is 79.0 cm³/mol. The maximum Gasteiger partial charge on any atom is 0.284 e. The van der Waals surface area contributed by atoms with E-state index in [9.17, 15) is 9.18 Å². The van der Waals surface area contributed by atoms with Gasteiger partial charge < -0.3 is 5.32 Å². The van der Waals surface area contributed by atoms with Gasteiger partial charge in [-0.25, -0.2) is 9.37 Å². The summed E-state index contributed by atoms with van der Waals surface area (Å²) in [5.74, 6) is -0.771. The second-order valence-electron chi connectivity index (χ2n) is 4.10. The van der Waals surface area contributed by atoms with Crippen LogP contribution >= 0.6 is 22.9 Å². The summed E-state index contributed by atoms with van der Waals surface area (Å²) in [6.45, 7) is 0. The quantitative estimate of drug-likeness (QED) is 0.765. The van der Waals surface area contributed by atoms with Crippen molar-refractivity contribution >= 4 is 44.7 Å². The Hall–Kier alpha value is -1.98. The number of fused-ring (bicyclic) bond motifs is 1. The molecule has 6 heteroatoms. The average molecular weight is 307 g/mol. The molecule has 3 nitrogen and oxygen atoms in total. The lowest BCUT2D eigenvalue weighted by atomic mass is 10.3. The minimum absolute atomic E-state index is 0.312. The minimum atomic E-state index is -0.404. The zero-order chi connectivity index (χ0) is 14.1. The van der Waals surface area contributed by atoms with E-state index in [0.29, 0.717) is 21.2 Å². The molecular weight excluding hydrogens is 299 g/mol. The fraction of sp³-hybridized carbons (Fsp3) is 0. The van der Waals surface area contributed by atoms with E-state index in [4.69, 9.17) is 11.6 Å². The lowest BCUT2D eigenvalue weighted by Crippen LogP contribution is -2.11. The third-order valence-electron chi connectivity index (χ3n) is 2.63. The second kappa shape index (κ2) is 5.19. The Kier molecular flexibility index (Phi) is 3.38. The molecule has 20 heavy (non-hydrogen) atoms. The van der Waals surface area contributed by atoms with Gasteiger partial charge in [0.05, 0.1) is 10.2 Å². The van der Waals surface area contributed by atoms with E-state index in [2.05, 4.69) is 10.3 Å². The van der Waals surface area contributed by atoms with Gasteiger partial charge in [-0.2, -0.15) is 0 Å². The van der Waals surface area contributed by atoms with Crippen LogP contribution in [0.25, 0.3) is 10.2 Å². The van der Waals surface area contributed by atoms with Gasteiger partial charge in [-0.05, 0) is 36.4 Å². The fourth-order valence-corrected chi connectivity index (χ4v) is 2.76. The normalized spacial score (nSPS) is 10.7. The van der Waals surface area contributed by atoms with Crippen LogP contribution in [0.4, 0.5) is 10.1 Å². The summed E-state index contributed by atoms with van der Waals surface area (Å²) in [5.41, 5.74) is 1.07. The van der Waals surface area contributed by atoms with Gasteiger partial charge in [-0.1, -0.05) is 17.7 Å². The molecule has 1 N–H and O–H groups in total. The standard InChI is InChI=1S/C14H8ClFN2OS/c15-8-4-5-12-11(6-8)18-14(20-12)13(19)17-10-3-1-2-9(16)7-10/h1-7H,(H,17,19). The summed E-state index contributed by atoms with van der Waals surface area (Å²) < 4.78 is 13.9. The van der Waals surface area contributed by atoms with Gasteiger partial charge in [-0.3, -0.25) is 4.79 Å². The Balaban J connectivity index is 1.88. The number of nitrogens with zero attached hydrogens (tertiary/aromatic N) is 1. The lowest BCUT2D eigenvalue weighted by Gasteiger charge is -2.02. The molecule has 2 aromatic carbocycles. The zero-order valence-electron chi connectivity index (χ0n) is 10.1. The van der Waals surface area contributed by atoms with Crippen LogP contribution in [0.1, 0.15) is 9.80 Å². The smallest absolute Gasteiger partial charge is 0.284 e. The summed E-state index contributed by atoms with van der Waals surface area (Å²) in [6, 6.07) is 11.0. The average Bonchev–Trinajstić information content (AvgIpc) is 2.81. The van der Waals surface area contributed by atoms with E-state index in [1.807, 2.05) is 6.07 Å². The van der Waals surface area contributed by atoms with Crippen molar-refractivity contribution in [1.29, 1.82) is 0 Å². The minimum Gasteiger partial charge on any atom is -0.320 e. The summed E-state index contributed by atoms with van der Waals surface area (Å²) in [5, 5.41) is 3.49. The Bertz CT molecular complexity index is 803. The van der Waals surface area contributed by atoms with Crippen LogP contribution in [-0.2, 0) is 0 Å².